The first-order valence-corrected chi connectivity index (χ1v) is 9.10. The summed E-state index contributed by atoms with van der Waals surface area (Å²) in [6, 6.07) is 0. The summed E-state index contributed by atoms with van der Waals surface area (Å²) in [6.07, 6.45) is 3.85. The molecular formula is C20H24O7. The highest BCUT2D eigenvalue weighted by Crippen LogP contribution is 2.61. The van der Waals surface area contributed by atoms with Crippen molar-refractivity contribution in [1.82, 2.24) is 0 Å². The summed E-state index contributed by atoms with van der Waals surface area (Å²) in [5.74, 6) is -1.91. The second-order valence-electron chi connectivity index (χ2n) is 8.21. The highest BCUT2D eigenvalue weighted by Gasteiger charge is 2.76. The first kappa shape index (κ1) is 18.4. The second kappa shape index (κ2) is 5.53. The molecule has 0 aromatic rings. The minimum Gasteiger partial charge on any atom is -0.458 e. The summed E-state index contributed by atoms with van der Waals surface area (Å²) in [6.45, 7) is 10.6. The minimum absolute atomic E-state index is 0.205. The summed E-state index contributed by atoms with van der Waals surface area (Å²) in [5, 5.41) is 11.6. The Labute approximate surface area is 157 Å². The third-order valence-electron chi connectivity index (χ3n) is 6.67. The predicted molar refractivity (Wildman–Crippen MR) is 93.0 cm³/mol. The van der Waals surface area contributed by atoms with Gasteiger partial charge in [-0.15, -0.1) is 0 Å². The van der Waals surface area contributed by atoms with Gasteiger partial charge in [0.05, 0.1) is 5.92 Å². The first-order chi connectivity index (χ1) is 12.6. The highest BCUT2D eigenvalue weighted by molar-refractivity contribution is 5.91. The lowest BCUT2D eigenvalue weighted by atomic mass is 9.70. The van der Waals surface area contributed by atoms with Crippen LogP contribution in [-0.2, 0) is 28.8 Å². The molecule has 146 valence electrons. The molecule has 4 rings (SSSR count). The van der Waals surface area contributed by atoms with Crippen LogP contribution in [0.3, 0.4) is 0 Å². The van der Waals surface area contributed by atoms with Crippen molar-refractivity contribution in [3.63, 3.8) is 0 Å². The number of allylic oxidation sites excluding steroid dienone is 1. The van der Waals surface area contributed by atoms with Gasteiger partial charge in [0.1, 0.15) is 23.4 Å². The van der Waals surface area contributed by atoms with E-state index in [1.54, 1.807) is 32.9 Å². The Hall–Kier alpha value is -1.96. The van der Waals surface area contributed by atoms with E-state index in [9.17, 15) is 14.7 Å². The Morgan fingerprint density at radius 3 is 2.67 bits per heavy atom. The number of ether oxygens (including phenoxy) is 2. The second-order valence-corrected chi connectivity index (χ2v) is 8.21. The van der Waals surface area contributed by atoms with E-state index in [1.165, 1.54) is 0 Å². The molecular weight excluding hydrogens is 352 g/mol. The molecule has 7 nitrogen and oxygen atoms in total. The van der Waals surface area contributed by atoms with Gasteiger partial charge in [0.2, 0.25) is 0 Å². The fourth-order valence-corrected chi connectivity index (χ4v) is 4.80. The molecule has 0 aromatic heterocycles. The molecule has 2 saturated heterocycles. The molecule has 2 bridgehead atoms. The molecule has 0 amide bonds. The maximum Gasteiger partial charge on any atom is 0.334 e. The molecule has 1 saturated carbocycles. The molecule has 3 fully saturated rings. The first-order valence-electron chi connectivity index (χ1n) is 9.10. The molecule has 0 aromatic carbocycles. The van der Waals surface area contributed by atoms with Crippen LogP contribution in [-0.4, -0.2) is 46.1 Å². The number of rotatable bonds is 2. The van der Waals surface area contributed by atoms with Gasteiger partial charge in [-0.1, -0.05) is 18.7 Å². The fourth-order valence-electron chi connectivity index (χ4n) is 4.80. The van der Waals surface area contributed by atoms with Gasteiger partial charge in [0, 0.05) is 17.1 Å². The van der Waals surface area contributed by atoms with E-state index in [2.05, 4.69) is 6.58 Å². The molecule has 0 spiro atoms. The van der Waals surface area contributed by atoms with Gasteiger partial charge in [0.15, 0.2) is 5.60 Å². The van der Waals surface area contributed by atoms with Gasteiger partial charge in [-0.2, -0.15) is 0 Å². The average molecular weight is 376 g/mol. The van der Waals surface area contributed by atoms with Crippen molar-refractivity contribution >= 4 is 11.9 Å². The molecule has 0 radical (unpaired) electrons. The van der Waals surface area contributed by atoms with Crippen LogP contribution >= 0.6 is 0 Å². The van der Waals surface area contributed by atoms with Crippen molar-refractivity contribution in [3.05, 3.63) is 36.0 Å². The molecule has 27 heavy (non-hydrogen) atoms. The van der Waals surface area contributed by atoms with Crippen LogP contribution < -0.4 is 0 Å². The fraction of sp³-hybridized carbons (Fsp3) is 0.600. The maximum atomic E-state index is 12.4. The SMILES string of the molecule is C=C1C(=O)O[C@H]2[C@H]1C[C@@H](OC(=O)/C(C)=C\C)[C@](C)(O)[C@]13C=C[C@](C)(OO1)[C@H]23. The van der Waals surface area contributed by atoms with E-state index < -0.39 is 52.8 Å². The van der Waals surface area contributed by atoms with Gasteiger partial charge >= 0.3 is 11.9 Å². The molecule has 4 aliphatic rings. The van der Waals surface area contributed by atoms with Crippen LogP contribution in [0.15, 0.2) is 36.0 Å². The van der Waals surface area contributed by atoms with Gasteiger partial charge in [-0.25, -0.2) is 19.4 Å². The van der Waals surface area contributed by atoms with Crippen LogP contribution in [0.4, 0.5) is 0 Å². The van der Waals surface area contributed by atoms with Crippen molar-refractivity contribution < 1.29 is 33.9 Å². The molecule has 2 aliphatic carbocycles. The number of aliphatic hydroxyl groups is 1. The molecule has 0 unspecified atom stereocenters. The zero-order chi connectivity index (χ0) is 19.8. The lowest BCUT2D eigenvalue weighted by molar-refractivity contribution is -0.366. The topological polar surface area (TPSA) is 91.3 Å². The maximum absolute atomic E-state index is 12.4. The number of hydrogen-bond acceptors (Lipinski definition) is 7. The normalized spacial score (nSPS) is 48.1. The summed E-state index contributed by atoms with van der Waals surface area (Å²) in [4.78, 5) is 35.8. The van der Waals surface area contributed by atoms with Crippen molar-refractivity contribution in [2.75, 3.05) is 0 Å². The number of carbonyl (C=O) groups is 2. The van der Waals surface area contributed by atoms with Crippen molar-refractivity contribution in [2.24, 2.45) is 11.8 Å². The Kier molecular flexibility index (Phi) is 3.77. The van der Waals surface area contributed by atoms with Crippen LogP contribution in [0, 0.1) is 11.8 Å². The number of esters is 2. The zero-order valence-corrected chi connectivity index (χ0v) is 15.9. The standard InChI is InChI=1S/C20H24O7/c1-6-10(2)16(21)24-13-9-12-11(3)17(22)25-14(12)15-18(4)7-8-20(15,27-26-18)19(13,5)23/h6-8,12-15,23H,3,9H2,1-2,4-5H3/b10-6-/t12-,13+,14-,15-,18-,19-,20+/m0/s1. The largest absolute Gasteiger partial charge is 0.458 e. The van der Waals surface area contributed by atoms with Crippen LogP contribution in [0.2, 0.25) is 0 Å². The van der Waals surface area contributed by atoms with E-state index >= 15 is 0 Å². The number of fused-ring (bicyclic) bond motifs is 1. The Morgan fingerprint density at radius 1 is 1.37 bits per heavy atom. The van der Waals surface area contributed by atoms with Crippen molar-refractivity contribution in [2.45, 2.75) is 63.1 Å². The van der Waals surface area contributed by atoms with E-state index in [-0.39, 0.29) is 6.42 Å². The van der Waals surface area contributed by atoms with E-state index in [4.69, 9.17) is 19.2 Å². The monoisotopic (exact) mass is 376 g/mol. The van der Waals surface area contributed by atoms with Crippen LogP contribution in [0.25, 0.3) is 0 Å². The van der Waals surface area contributed by atoms with Gasteiger partial charge < -0.3 is 14.6 Å². The van der Waals surface area contributed by atoms with Crippen LogP contribution in [0.1, 0.15) is 34.1 Å². The number of carbonyl (C=O) groups excluding carboxylic acids is 2. The lowest BCUT2D eigenvalue weighted by Gasteiger charge is -2.43. The van der Waals surface area contributed by atoms with E-state index in [1.807, 2.05) is 13.0 Å². The Morgan fingerprint density at radius 2 is 2.07 bits per heavy atom. The van der Waals surface area contributed by atoms with Gasteiger partial charge in [-0.05, 0) is 40.2 Å². The summed E-state index contributed by atoms with van der Waals surface area (Å²) >= 11 is 0. The zero-order valence-electron chi connectivity index (χ0n) is 15.9. The van der Waals surface area contributed by atoms with E-state index in [0.717, 1.165) is 0 Å². The molecule has 1 N–H and O–H groups in total. The molecule has 7 atom stereocenters. The summed E-state index contributed by atoms with van der Waals surface area (Å²) in [5.41, 5.74) is -3.04. The molecule has 2 heterocycles. The van der Waals surface area contributed by atoms with Crippen molar-refractivity contribution in [1.29, 1.82) is 0 Å². The summed E-state index contributed by atoms with van der Waals surface area (Å²) < 4.78 is 11.3. The number of hydrogen-bond donors (Lipinski definition) is 1. The molecule has 2 aliphatic heterocycles. The van der Waals surface area contributed by atoms with Gasteiger partial charge in [-0.3, -0.25) is 0 Å². The third-order valence-corrected chi connectivity index (χ3v) is 6.67. The lowest BCUT2D eigenvalue weighted by Crippen LogP contribution is -2.62. The molecule has 7 heteroatoms. The Balaban J connectivity index is 1.81. The van der Waals surface area contributed by atoms with Crippen LogP contribution in [0.5, 0.6) is 0 Å². The van der Waals surface area contributed by atoms with Gasteiger partial charge in [0.25, 0.3) is 0 Å². The predicted octanol–water partition coefficient (Wildman–Crippen LogP) is 1.76. The smallest absolute Gasteiger partial charge is 0.334 e. The van der Waals surface area contributed by atoms with E-state index in [0.29, 0.717) is 11.1 Å². The van der Waals surface area contributed by atoms with Crippen molar-refractivity contribution in [3.8, 4) is 0 Å². The highest BCUT2D eigenvalue weighted by atomic mass is 17.2. The average Bonchev–Trinajstić information content (AvgIpc) is 3.18. The Bertz CT molecular complexity index is 794. The minimum atomic E-state index is -1.61. The summed E-state index contributed by atoms with van der Waals surface area (Å²) in [7, 11) is 0. The third kappa shape index (κ3) is 2.19. The quantitative estimate of drug-likeness (QED) is 0.340.